The van der Waals surface area contributed by atoms with E-state index in [4.69, 9.17) is 0 Å². The first-order valence-electron chi connectivity index (χ1n) is 9.04. The Morgan fingerprint density at radius 3 is 2.50 bits per heavy atom. The Morgan fingerprint density at radius 1 is 1.08 bits per heavy atom. The molecule has 0 aliphatic carbocycles. The largest absolute Gasteiger partial charge is 0.340 e. The Hall–Kier alpha value is 0.0800. The molecule has 0 aromatic heterocycles. The molecule has 3 aliphatic heterocycles. The van der Waals surface area contributed by atoms with Gasteiger partial charge in [-0.25, -0.2) is 8.42 Å². The molecule has 3 rings (SSSR count). The third-order valence-electron chi connectivity index (χ3n) is 5.29. The standard InChI is InChI=1S/C16H28N2O3S3/c19-16(4-2-1-3-15-5-11-22-23-15)18-9-7-17(8-10-18)14-6-12-24(20,21)13-14/h14-15H,1-13H2/t14?,15-/m1/s1. The second kappa shape index (κ2) is 8.64. The van der Waals surface area contributed by atoms with Gasteiger partial charge in [0, 0.05) is 49.6 Å². The third kappa shape index (κ3) is 5.29. The topological polar surface area (TPSA) is 57.7 Å². The highest BCUT2D eigenvalue weighted by Crippen LogP contribution is 2.39. The van der Waals surface area contributed by atoms with Gasteiger partial charge in [-0.2, -0.15) is 0 Å². The lowest BCUT2D eigenvalue weighted by Crippen LogP contribution is -2.52. The number of carbonyl (C=O) groups excluding carboxylic acids is 1. The second-order valence-corrected chi connectivity index (χ2v) is 12.1. The van der Waals surface area contributed by atoms with E-state index in [-0.39, 0.29) is 11.9 Å². The predicted octanol–water partition coefficient (Wildman–Crippen LogP) is 2.03. The van der Waals surface area contributed by atoms with Gasteiger partial charge in [0.15, 0.2) is 9.84 Å². The lowest BCUT2D eigenvalue weighted by atomic mass is 10.1. The maximum Gasteiger partial charge on any atom is 0.222 e. The number of rotatable bonds is 6. The third-order valence-corrected chi connectivity index (χ3v) is 10.0. The molecule has 0 aromatic rings. The Morgan fingerprint density at radius 2 is 1.88 bits per heavy atom. The number of hydrogen-bond donors (Lipinski definition) is 0. The quantitative estimate of drug-likeness (QED) is 0.509. The number of unbranched alkanes of at least 4 members (excludes halogenated alkanes) is 1. The second-order valence-electron chi connectivity index (χ2n) is 7.05. The summed E-state index contributed by atoms with van der Waals surface area (Å²) in [6, 6.07) is 0.175. The zero-order valence-electron chi connectivity index (χ0n) is 14.2. The average Bonchev–Trinajstić information content (AvgIpc) is 3.21. The van der Waals surface area contributed by atoms with Gasteiger partial charge >= 0.3 is 0 Å². The molecule has 3 heterocycles. The minimum absolute atomic E-state index is 0.175. The molecule has 0 N–H and O–H groups in total. The Kier molecular flexibility index (Phi) is 6.79. The van der Waals surface area contributed by atoms with Crippen molar-refractivity contribution >= 4 is 37.3 Å². The summed E-state index contributed by atoms with van der Waals surface area (Å²) >= 11 is 0. The number of amides is 1. The lowest BCUT2D eigenvalue weighted by molar-refractivity contribution is -0.133. The predicted molar refractivity (Wildman–Crippen MR) is 102 cm³/mol. The van der Waals surface area contributed by atoms with Gasteiger partial charge in [-0.1, -0.05) is 28.0 Å². The monoisotopic (exact) mass is 392 g/mol. The van der Waals surface area contributed by atoms with E-state index in [2.05, 4.69) is 4.90 Å². The van der Waals surface area contributed by atoms with Crippen LogP contribution in [-0.4, -0.2) is 78.9 Å². The van der Waals surface area contributed by atoms with Gasteiger partial charge in [0.05, 0.1) is 11.5 Å². The van der Waals surface area contributed by atoms with Crippen molar-refractivity contribution in [3.63, 3.8) is 0 Å². The smallest absolute Gasteiger partial charge is 0.222 e. The van der Waals surface area contributed by atoms with Crippen LogP contribution in [0.25, 0.3) is 0 Å². The van der Waals surface area contributed by atoms with E-state index in [0.29, 0.717) is 17.9 Å². The Bertz CT molecular complexity index is 527. The molecule has 5 nitrogen and oxygen atoms in total. The number of hydrogen-bond acceptors (Lipinski definition) is 6. The minimum atomic E-state index is -2.82. The van der Waals surface area contributed by atoms with Crippen LogP contribution in [0.3, 0.4) is 0 Å². The summed E-state index contributed by atoms with van der Waals surface area (Å²) in [5, 5.41) is 0.802. The van der Waals surface area contributed by atoms with Crippen molar-refractivity contribution in [2.75, 3.05) is 43.4 Å². The molecule has 0 saturated carbocycles. The van der Waals surface area contributed by atoms with Crippen LogP contribution < -0.4 is 0 Å². The Labute approximate surface area is 153 Å². The summed E-state index contributed by atoms with van der Waals surface area (Å²) in [7, 11) is 1.17. The molecular weight excluding hydrogens is 364 g/mol. The lowest BCUT2D eigenvalue weighted by Gasteiger charge is -2.37. The first-order valence-corrected chi connectivity index (χ1v) is 13.2. The number of carbonyl (C=O) groups is 1. The highest BCUT2D eigenvalue weighted by Gasteiger charge is 2.34. The van der Waals surface area contributed by atoms with Crippen LogP contribution in [0.1, 0.15) is 38.5 Å². The number of nitrogens with zero attached hydrogens (tertiary/aromatic N) is 2. The van der Waals surface area contributed by atoms with Gasteiger partial charge in [-0.15, -0.1) is 0 Å². The molecular formula is C16H28N2O3S3. The van der Waals surface area contributed by atoms with E-state index in [9.17, 15) is 13.2 Å². The summed E-state index contributed by atoms with van der Waals surface area (Å²) in [5.41, 5.74) is 0. The van der Waals surface area contributed by atoms with Crippen molar-refractivity contribution in [3.8, 4) is 0 Å². The molecule has 8 heteroatoms. The normalized spacial score (nSPS) is 30.8. The molecule has 1 unspecified atom stereocenters. The zero-order chi connectivity index (χ0) is 17.0. The minimum Gasteiger partial charge on any atom is -0.340 e. The fraction of sp³-hybridized carbons (Fsp3) is 0.938. The maximum atomic E-state index is 12.3. The molecule has 0 spiro atoms. The molecule has 3 saturated heterocycles. The van der Waals surface area contributed by atoms with Crippen molar-refractivity contribution < 1.29 is 13.2 Å². The van der Waals surface area contributed by atoms with Gasteiger partial charge in [-0.05, 0) is 25.7 Å². The molecule has 3 fully saturated rings. The van der Waals surface area contributed by atoms with Crippen LogP contribution in [0.5, 0.6) is 0 Å². The van der Waals surface area contributed by atoms with Crippen molar-refractivity contribution in [1.82, 2.24) is 9.80 Å². The maximum absolute atomic E-state index is 12.3. The summed E-state index contributed by atoms with van der Waals surface area (Å²) in [6.45, 7) is 3.15. The molecule has 0 bridgehead atoms. The van der Waals surface area contributed by atoms with Crippen LogP contribution in [0.4, 0.5) is 0 Å². The molecule has 0 aromatic carbocycles. The molecule has 3 aliphatic rings. The zero-order valence-corrected chi connectivity index (χ0v) is 16.6. The first kappa shape index (κ1) is 18.9. The SMILES string of the molecule is O=C(CCCC[C@@H]1CCSS1)N1CCN(C2CCS(=O)(=O)C2)CC1. The highest BCUT2D eigenvalue weighted by atomic mass is 33.1. The van der Waals surface area contributed by atoms with Crippen LogP contribution in [0.15, 0.2) is 0 Å². The number of sulfone groups is 1. The summed E-state index contributed by atoms with van der Waals surface area (Å²) in [5.74, 6) is 2.19. The van der Waals surface area contributed by atoms with Gasteiger partial charge in [0.2, 0.25) is 5.91 Å². The van der Waals surface area contributed by atoms with E-state index in [1.165, 1.54) is 18.6 Å². The van der Waals surface area contributed by atoms with Crippen LogP contribution >= 0.6 is 21.6 Å². The van der Waals surface area contributed by atoms with E-state index in [1.54, 1.807) is 0 Å². The highest BCUT2D eigenvalue weighted by molar-refractivity contribution is 8.77. The van der Waals surface area contributed by atoms with E-state index >= 15 is 0 Å². The van der Waals surface area contributed by atoms with E-state index in [1.807, 2.05) is 26.5 Å². The molecule has 1 amide bonds. The molecule has 24 heavy (non-hydrogen) atoms. The fourth-order valence-electron chi connectivity index (χ4n) is 3.77. The molecule has 138 valence electrons. The van der Waals surface area contributed by atoms with Crippen molar-refractivity contribution in [2.24, 2.45) is 0 Å². The van der Waals surface area contributed by atoms with Crippen LogP contribution in [0, 0.1) is 0 Å². The summed E-state index contributed by atoms with van der Waals surface area (Å²) in [4.78, 5) is 16.6. The first-order chi connectivity index (χ1) is 11.5. The fourth-order valence-corrected chi connectivity index (χ4v) is 8.56. The Balaban J connectivity index is 1.31. The molecule has 2 atom stereocenters. The van der Waals surface area contributed by atoms with Gasteiger partial charge in [0.1, 0.15) is 0 Å². The van der Waals surface area contributed by atoms with Gasteiger partial charge in [0.25, 0.3) is 0 Å². The average molecular weight is 393 g/mol. The summed E-state index contributed by atoms with van der Waals surface area (Å²) < 4.78 is 23.2. The van der Waals surface area contributed by atoms with E-state index in [0.717, 1.165) is 50.7 Å². The van der Waals surface area contributed by atoms with Crippen molar-refractivity contribution in [1.29, 1.82) is 0 Å². The van der Waals surface area contributed by atoms with Crippen molar-refractivity contribution in [2.45, 2.75) is 49.8 Å². The van der Waals surface area contributed by atoms with Gasteiger partial charge < -0.3 is 4.90 Å². The van der Waals surface area contributed by atoms with Gasteiger partial charge in [-0.3, -0.25) is 9.69 Å². The number of piperazine rings is 1. The summed E-state index contributed by atoms with van der Waals surface area (Å²) in [6.07, 6.45) is 6.15. The van der Waals surface area contributed by atoms with E-state index < -0.39 is 9.84 Å². The van der Waals surface area contributed by atoms with Crippen LogP contribution in [0.2, 0.25) is 0 Å². The molecule has 0 radical (unpaired) electrons. The van der Waals surface area contributed by atoms with Crippen LogP contribution in [-0.2, 0) is 14.6 Å². The van der Waals surface area contributed by atoms with Crippen molar-refractivity contribution in [3.05, 3.63) is 0 Å².